The van der Waals surface area contributed by atoms with E-state index < -0.39 is 0 Å². The third kappa shape index (κ3) is 13.5. The minimum absolute atomic E-state index is 0.167. The Bertz CT molecular complexity index is 210. The number of hydrogen-bond acceptors (Lipinski definition) is 1. The van der Waals surface area contributed by atoms with E-state index in [4.69, 9.17) is 0 Å². The van der Waals surface area contributed by atoms with Gasteiger partial charge in [0.25, 0.3) is 0 Å². The van der Waals surface area contributed by atoms with Gasteiger partial charge < -0.3 is 4.79 Å². The lowest BCUT2D eigenvalue weighted by Crippen LogP contribution is -1.73. The van der Waals surface area contributed by atoms with Crippen molar-refractivity contribution in [3.8, 4) is 0 Å². The zero-order valence-corrected chi connectivity index (χ0v) is 10.0. The Morgan fingerprint density at radius 1 is 1.07 bits per heavy atom. The molecule has 0 fully saturated rings. The molecule has 0 spiro atoms. The van der Waals surface area contributed by atoms with Crippen LogP contribution < -0.4 is 0 Å². The highest BCUT2D eigenvalue weighted by Crippen LogP contribution is 1.96. The molecule has 0 saturated carbocycles. The van der Waals surface area contributed by atoms with Crippen LogP contribution in [0.15, 0.2) is 30.3 Å². The first-order chi connectivity index (χ1) is 6.66. The molecule has 1 aromatic rings. The van der Waals surface area contributed by atoms with Gasteiger partial charge in [-0.2, -0.15) is 0 Å². The van der Waals surface area contributed by atoms with Crippen molar-refractivity contribution in [3.63, 3.8) is 0 Å². The maximum Gasteiger partial charge on any atom is 0.126 e. The number of rotatable bonds is 1. The van der Waals surface area contributed by atoms with Gasteiger partial charge in [-0.05, 0) is 25.8 Å². The predicted molar refractivity (Wildman–Crippen MR) is 63.5 cm³/mol. The fraction of sp³-hybridized carbons (Fsp3) is 0.462. The number of ketones is 1. The molecule has 0 N–H and O–H groups in total. The lowest BCUT2D eigenvalue weighted by molar-refractivity contribution is -0.114. The Morgan fingerprint density at radius 3 is 1.64 bits per heavy atom. The molecule has 0 aliphatic rings. The van der Waals surface area contributed by atoms with Crippen molar-refractivity contribution >= 4 is 5.78 Å². The van der Waals surface area contributed by atoms with Crippen LogP contribution in [0.1, 0.15) is 40.2 Å². The van der Waals surface area contributed by atoms with Crippen molar-refractivity contribution in [2.24, 2.45) is 0 Å². The van der Waals surface area contributed by atoms with Crippen molar-refractivity contribution in [1.29, 1.82) is 0 Å². The van der Waals surface area contributed by atoms with E-state index in [-0.39, 0.29) is 5.78 Å². The van der Waals surface area contributed by atoms with Crippen LogP contribution in [0.4, 0.5) is 0 Å². The highest BCUT2D eigenvalue weighted by Gasteiger charge is 1.79. The molecule has 0 bridgehead atoms. The highest BCUT2D eigenvalue weighted by molar-refractivity contribution is 5.72. The van der Waals surface area contributed by atoms with Gasteiger partial charge in [-0.25, -0.2) is 0 Å². The van der Waals surface area contributed by atoms with Gasteiger partial charge in [0, 0.05) is 0 Å². The molecule has 0 aliphatic heterocycles. The molecule has 0 atom stereocenters. The summed E-state index contributed by atoms with van der Waals surface area (Å²) in [5.74, 6) is 0.167. The normalized spacial score (nSPS) is 7.50. The van der Waals surface area contributed by atoms with E-state index in [0.29, 0.717) is 0 Å². The first-order valence-electron chi connectivity index (χ1n) is 5.18. The minimum atomic E-state index is 0.167. The number of benzene rings is 1. The summed E-state index contributed by atoms with van der Waals surface area (Å²) in [5.41, 5.74) is 1.41. The molecule has 0 heterocycles. The van der Waals surface area contributed by atoms with Crippen LogP contribution in [0.5, 0.6) is 0 Å². The van der Waals surface area contributed by atoms with E-state index in [1.165, 1.54) is 19.4 Å². The second kappa shape index (κ2) is 11.9. The van der Waals surface area contributed by atoms with Crippen LogP contribution >= 0.6 is 0 Å². The molecule has 0 aromatic heterocycles. The van der Waals surface area contributed by atoms with Crippen molar-refractivity contribution in [2.75, 3.05) is 0 Å². The zero-order valence-electron chi connectivity index (χ0n) is 10.0. The Morgan fingerprint density at radius 2 is 1.43 bits per heavy atom. The summed E-state index contributed by atoms with van der Waals surface area (Å²) in [4.78, 5) is 9.44. The summed E-state index contributed by atoms with van der Waals surface area (Å²) in [5, 5.41) is 0. The molecule has 0 unspecified atom stereocenters. The van der Waals surface area contributed by atoms with Gasteiger partial charge in [-0.3, -0.25) is 0 Å². The maximum atomic E-state index is 9.44. The Balaban J connectivity index is 0. The van der Waals surface area contributed by atoms with Crippen LogP contribution in [-0.2, 0) is 11.2 Å². The van der Waals surface area contributed by atoms with E-state index in [2.05, 4.69) is 31.2 Å². The summed E-state index contributed by atoms with van der Waals surface area (Å²) in [6.45, 7) is 9.22. The van der Waals surface area contributed by atoms with Gasteiger partial charge in [0.1, 0.15) is 5.78 Å². The van der Waals surface area contributed by atoms with Gasteiger partial charge in [0.2, 0.25) is 0 Å². The number of carbonyl (C=O) groups is 1. The summed E-state index contributed by atoms with van der Waals surface area (Å²) < 4.78 is 0. The summed E-state index contributed by atoms with van der Waals surface area (Å²) in [7, 11) is 0. The zero-order chi connectivity index (χ0) is 11.4. The van der Waals surface area contributed by atoms with Crippen molar-refractivity contribution < 1.29 is 4.79 Å². The van der Waals surface area contributed by atoms with Gasteiger partial charge >= 0.3 is 0 Å². The molecule has 80 valence electrons. The van der Waals surface area contributed by atoms with E-state index in [1.807, 2.05) is 19.9 Å². The van der Waals surface area contributed by atoms with Gasteiger partial charge in [0.05, 0.1) is 0 Å². The first kappa shape index (κ1) is 15.4. The molecular formula is C13H22O. The Labute approximate surface area is 88.2 Å². The molecule has 1 rings (SSSR count). The van der Waals surface area contributed by atoms with Gasteiger partial charge in [-0.1, -0.05) is 51.1 Å². The van der Waals surface area contributed by atoms with Crippen molar-refractivity contribution in [2.45, 2.75) is 41.0 Å². The predicted octanol–water partition coefficient (Wildman–Crippen LogP) is 3.87. The lowest BCUT2D eigenvalue weighted by Gasteiger charge is -1.89. The summed E-state index contributed by atoms with van der Waals surface area (Å²) in [6.07, 6.45) is 1.14. The standard InChI is InChI=1S/C8H10.C3H6O.C2H6/c1-2-8-6-4-3-5-7-8;1-3(2)4;1-2/h3-7H,2H2,1H3;1-2H3;1-2H3. The van der Waals surface area contributed by atoms with Crippen LogP contribution in [0.25, 0.3) is 0 Å². The second-order valence-electron chi connectivity index (χ2n) is 2.75. The number of carbonyl (C=O) groups excluding carboxylic acids is 1. The highest BCUT2D eigenvalue weighted by atomic mass is 16.1. The van der Waals surface area contributed by atoms with Crippen LogP contribution in [-0.4, -0.2) is 5.78 Å². The maximum absolute atomic E-state index is 9.44. The molecule has 1 heteroatoms. The Kier molecular flexibility index (Phi) is 13.1. The van der Waals surface area contributed by atoms with Crippen molar-refractivity contribution in [1.82, 2.24) is 0 Å². The van der Waals surface area contributed by atoms with E-state index >= 15 is 0 Å². The lowest BCUT2D eigenvalue weighted by atomic mass is 10.2. The Hall–Kier alpha value is -1.11. The first-order valence-corrected chi connectivity index (χ1v) is 5.18. The van der Waals surface area contributed by atoms with Crippen LogP contribution in [0.2, 0.25) is 0 Å². The summed E-state index contributed by atoms with van der Waals surface area (Å²) in [6, 6.07) is 10.5. The van der Waals surface area contributed by atoms with E-state index in [9.17, 15) is 4.79 Å². The third-order valence-electron chi connectivity index (χ3n) is 1.25. The van der Waals surface area contributed by atoms with E-state index in [1.54, 1.807) is 0 Å². The third-order valence-corrected chi connectivity index (χ3v) is 1.25. The van der Waals surface area contributed by atoms with Gasteiger partial charge in [-0.15, -0.1) is 0 Å². The second-order valence-corrected chi connectivity index (χ2v) is 2.75. The molecule has 1 nitrogen and oxygen atoms in total. The fourth-order valence-corrected chi connectivity index (χ4v) is 0.714. The number of Topliss-reactive ketones (excluding diaryl/α,β-unsaturated/α-hetero) is 1. The van der Waals surface area contributed by atoms with Crippen LogP contribution in [0, 0.1) is 0 Å². The van der Waals surface area contributed by atoms with Crippen molar-refractivity contribution in [3.05, 3.63) is 35.9 Å². The van der Waals surface area contributed by atoms with Gasteiger partial charge in [0.15, 0.2) is 0 Å². The summed E-state index contributed by atoms with van der Waals surface area (Å²) >= 11 is 0. The SMILES string of the molecule is CC.CC(C)=O.CCc1ccccc1. The van der Waals surface area contributed by atoms with Crippen LogP contribution in [0.3, 0.4) is 0 Å². The number of aryl methyl sites for hydroxylation is 1. The minimum Gasteiger partial charge on any atom is -0.300 e. The molecule has 0 aliphatic carbocycles. The molecular weight excluding hydrogens is 172 g/mol. The topological polar surface area (TPSA) is 17.1 Å². The average molecular weight is 194 g/mol. The monoisotopic (exact) mass is 194 g/mol. The fourth-order valence-electron chi connectivity index (χ4n) is 0.714. The largest absolute Gasteiger partial charge is 0.300 e. The molecule has 14 heavy (non-hydrogen) atoms. The van der Waals surface area contributed by atoms with E-state index in [0.717, 1.165) is 6.42 Å². The average Bonchev–Trinajstić information content (AvgIpc) is 2.21. The molecule has 0 amide bonds. The smallest absolute Gasteiger partial charge is 0.126 e. The quantitative estimate of drug-likeness (QED) is 0.663. The molecule has 1 aromatic carbocycles. The number of hydrogen-bond donors (Lipinski definition) is 0. The molecule has 0 saturated heterocycles. The molecule has 0 radical (unpaired) electrons.